The fraction of sp³-hybridized carbons (Fsp3) is 0.727. The van der Waals surface area contributed by atoms with Crippen molar-refractivity contribution in [2.75, 3.05) is 5.75 Å². The van der Waals surface area contributed by atoms with E-state index in [0.29, 0.717) is 32.1 Å². The molecule has 0 aliphatic carbocycles. The molecule has 1 aliphatic rings. The first-order chi connectivity index (χ1) is 7.08. The number of unbranched alkanes of at least 4 members (excludes halogenated alkanes) is 1. The van der Waals surface area contributed by atoms with Gasteiger partial charge < -0.3 is 0 Å². The Balaban J connectivity index is 2.55. The van der Waals surface area contributed by atoms with Crippen LogP contribution in [0.25, 0.3) is 0 Å². The van der Waals surface area contributed by atoms with Crippen molar-refractivity contribution >= 4 is 15.6 Å². The summed E-state index contributed by atoms with van der Waals surface area (Å²) in [7, 11) is -3.16. The highest BCUT2D eigenvalue weighted by atomic mass is 32.2. The second-order valence-corrected chi connectivity index (χ2v) is 6.18. The smallest absolute Gasteiger partial charge is 0.160 e. The Morgan fingerprint density at radius 1 is 1.40 bits per heavy atom. The predicted molar refractivity (Wildman–Crippen MR) is 59.1 cm³/mol. The van der Waals surface area contributed by atoms with Crippen LogP contribution >= 0.6 is 0 Å². The monoisotopic (exact) mass is 228 g/mol. The van der Waals surface area contributed by atoms with Gasteiger partial charge in [-0.1, -0.05) is 6.42 Å². The van der Waals surface area contributed by atoms with Gasteiger partial charge in [0.05, 0.1) is 5.75 Å². The third-order valence-electron chi connectivity index (χ3n) is 2.68. The molecule has 1 atom stereocenters. The van der Waals surface area contributed by atoms with Crippen molar-refractivity contribution in [1.82, 2.24) is 0 Å². The Labute approximate surface area is 91.2 Å². The van der Waals surface area contributed by atoms with E-state index in [1.165, 1.54) is 0 Å². The lowest BCUT2D eigenvalue weighted by molar-refractivity contribution is -0.118. The molecule has 3 nitrogen and oxygen atoms in total. The molecule has 0 saturated carbocycles. The van der Waals surface area contributed by atoms with Gasteiger partial charge in [0.2, 0.25) is 0 Å². The predicted octanol–water partition coefficient (Wildman–Crippen LogP) is 1.33. The molecule has 4 heteroatoms. The van der Waals surface area contributed by atoms with E-state index in [4.69, 9.17) is 6.42 Å². The lowest BCUT2D eigenvalue weighted by Crippen LogP contribution is -2.35. The van der Waals surface area contributed by atoms with Crippen LogP contribution in [-0.2, 0) is 14.6 Å². The molecule has 0 bridgehead atoms. The van der Waals surface area contributed by atoms with Crippen LogP contribution in [0, 0.1) is 12.3 Å². The zero-order valence-electron chi connectivity index (χ0n) is 8.74. The zero-order valence-corrected chi connectivity index (χ0v) is 9.55. The highest BCUT2D eigenvalue weighted by Crippen LogP contribution is 2.21. The van der Waals surface area contributed by atoms with Crippen molar-refractivity contribution in [2.24, 2.45) is 0 Å². The fourth-order valence-electron chi connectivity index (χ4n) is 1.84. The van der Waals surface area contributed by atoms with E-state index in [-0.39, 0.29) is 11.5 Å². The molecule has 1 fully saturated rings. The molecule has 1 heterocycles. The first-order valence-electron chi connectivity index (χ1n) is 5.25. The number of hydrogen-bond acceptors (Lipinski definition) is 3. The SMILES string of the molecule is C#CCCCC(=O)C1CCCCS1(=O)=O. The lowest BCUT2D eigenvalue weighted by atomic mass is 10.1. The largest absolute Gasteiger partial charge is 0.298 e. The quantitative estimate of drug-likeness (QED) is 0.539. The second-order valence-electron chi connectivity index (χ2n) is 3.88. The number of Topliss-reactive ketones (excluding diaryl/α,β-unsaturated/α-hetero) is 1. The molecule has 84 valence electrons. The van der Waals surface area contributed by atoms with Crippen molar-refractivity contribution in [3.63, 3.8) is 0 Å². The Bertz CT molecular complexity index is 362. The Hall–Kier alpha value is -0.820. The van der Waals surface area contributed by atoms with Gasteiger partial charge in [-0.05, 0) is 19.3 Å². The minimum Gasteiger partial charge on any atom is -0.298 e. The van der Waals surface area contributed by atoms with Gasteiger partial charge in [0.15, 0.2) is 15.6 Å². The summed E-state index contributed by atoms with van der Waals surface area (Å²) >= 11 is 0. The highest BCUT2D eigenvalue weighted by Gasteiger charge is 2.33. The molecule has 1 rings (SSSR count). The molecule has 0 N–H and O–H groups in total. The number of hydrogen-bond donors (Lipinski definition) is 0. The van der Waals surface area contributed by atoms with E-state index in [1.807, 2.05) is 0 Å². The number of sulfone groups is 1. The first kappa shape index (κ1) is 12.3. The van der Waals surface area contributed by atoms with E-state index in [9.17, 15) is 13.2 Å². The molecule has 0 aromatic rings. The summed E-state index contributed by atoms with van der Waals surface area (Å²) in [6, 6.07) is 0. The van der Waals surface area contributed by atoms with Crippen LogP contribution in [-0.4, -0.2) is 25.2 Å². The number of ketones is 1. The van der Waals surface area contributed by atoms with Gasteiger partial charge >= 0.3 is 0 Å². The van der Waals surface area contributed by atoms with Gasteiger partial charge in [0.25, 0.3) is 0 Å². The van der Waals surface area contributed by atoms with Gasteiger partial charge in [0, 0.05) is 12.8 Å². The number of carbonyl (C=O) groups is 1. The van der Waals surface area contributed by atoms with Gasteiger partial charge in [0.1, 0.15) is 5.25 Å². The minimum absolute atomic E-state index is 0.148. The van der Waals surface area contributed by atoms with Crippen LogP contribution in [0.5, 0.6) is 0 Å². The van der Waals surface area contributed by atoms with Gasteiger partial charge in [-0.3, -0.25) is 4.79 Å². The van der Waals surface area contributed by atoms with Crippen LogP contribution in [0.15, 0.2) is 0 Å². The minimum atomic E-state index is -3.16. The maximum absolute atomic E-state index is 11.6. The topological polar surface area (TPSA) is 51.2 Å². The summed E-state index contributed by atoms with van der Waals surface area (Å²) in [6.45, 7) is 0. The molecule has 0 amide bonds. The summed E-state index contributed by atoms with van der Waals surface area (Å²) in [5.74, 6) is 2.46. The Morgan fingerprint density at radius 2 is 2.13 bits per heavy atom. The van der Waals surface area contributed by atoms with E-state index in [0.717, 1.165) is 6.42 Å². The number of rotatable bonds is 4. The van der Waals surface area contributed by atoms with E-state index in [2.05, 4.69) is 5.92 Å². The van der Waals surface area contributed by atoms with Crippen molar-refractivity contribution in [2.45, 2.75) is 43.8 Å². The lowest BCUT2D eigenvalue weighted by Gasteiger charge is -2.20. The third kappa shape index (κ3) is 3.35. The standard InChI is InChI=1S/C11H16O3S/c1-2-3-4-7-10(12)11-8-5-6-9-15(11,13)14/h1,11H,3-9H2. The fourth-order valence-corrected chi connectivity index (χ4v) is 3.78. The van der Waals surface area contributed by atoms with Crippen molar-refractivity contribution < 1.29 is 13.2 Å². The maximum Gasteiger partial charge on any atom is 0.160 e. The normalized spacial score (nSPS) is 24.3. The molecule has 1 unspecified atom stereocenters. The Morgan fingerprint density at radius 3 is 2.73 bits per heavy atom. The molecule has 0 aromatic carbocycles. The summed E-state index contributed by atoms with van der Waals surface area (Å²) in [5, 5.41) is -0.746. The summed E-state index contributed by atoms with van der Waals surface area (Å²) < 4.78 is 23.2. The summed E-state index contributed by atoms with van der Waals surface area (Å²) in [4.78, 5) is 11.6. The number of carbonyl (C=O) groups excluding carboxylic acids is 1. The van der Waals surface area contributed by atoms with Gasteiger partial charge in [-0.2, -0.15) is 0 Å². The van der Waals surface area contributed by atoms with Gasteiger partial charge in [-0.25, -0.2) is 8.42 Å². The highest BCUT2D eigenvalue weighted by molar-refractivity contribution is 7.92. The number of terminal acetylenes is 1. The van der Waals surface area contributed by atoms with Crippen molar-refractivity contribution in [3.05, 3.63) is 0 Å². The zero-order chi connectivity index (χ0) is 11.3. The van der Waals surface area contributed by atoms with Crippen molar-refractivity contribution in [3.8, 4) is 12.3 Å². The summed E-state index contributed by atoms with van der Waals surface area (Å²) in [6.07, 6.45) is 8.53. The van der Waals surface area contributed by atoms with Crippen LogP contribution < -0.4 is 0 Å². The molecule has 0 aromatic heterocycles. The van der Waals surface area contributed by atoms with E-state index >= 15 is 0 Å². The van der Waals surface area contributed by atoms with E-state index in [1.54, 1.807) is 0 Å². The van der Waals surface area contributed by atoms with Crippen LogP contribution in [0.4, 0.5) is 0 Å². The molecular formula is C11H16O3S. The molecule has 1 saturated heterocycles. The average Bonchev–Trinajstić information content (AvgIpc) is 2.17. The molecule has 0 spiro atoms. The maximum atomic E-state index is 11.6. The van der Waals surface area contributed by atoms with Crippen LogP contribution in [0.1, 0.15) is 38.5 Å². The molecule has 1 aliphatic heterocycles. The summed E-state index contributed by atoms with van der Waals surface area (Å²) in [5.41, 5.74) is 0. The van der Waals surface area contributed by atoms with E-state index < -0.39 is 15.1 Å². The van der Waals surface area contributed by atoms with Gasteiger partial charge in [-0.15, -0.1) is 12.3 Å². The molecule has 15 heavy (non-hydrogen) atoms. The van der Waals surface area contributed by atoms with Crippen molar-refractivity contribution in [1.29, 1.82) is 0 Å². The van der Waals surface area contributed by atoms with Crippen LogP contribution in [0.3, 0.4) is 0 Å². The molecule has 0 radical (unpaired) electrons. The third-order valence-corrected chi connectivity index (χ3v) is 4.91. The second kappa shape index (κ2) is 5.32. The average molecular weight is 228 g/mol. The molecular weight excluding hydrogens is 212 g/mol. The van der Waals surface area contributed by atoms with Crippen LogP contribution in [0.2, 0.25) is 0 Å². The first-order valence-corrected chi connectivity index (χ1v) is 6.97. The Kier molecular flexibility index (Phi) is 4.34.